The Bertz CT molecular complexity index is 454. The van der Waals surface area contributed by atoms with E-state index in [4.69, 9.17) is 5.73 Å². The molecule has 0 saturated carbocycles. The SMILES string of the molecule is Cc1cc(N2CCC(C(C)C)C2)c(C(C)N)cc1F. The molecule has 1 heterocycles. The van der Waals surface area contributed by atoms with Crippen molar-refractivity contribution in [1.82, 2.24) is 0 Å². The zero-order valence-electron chi connectivity index (χ0n) is 12.4. The Morgan fingerprint density at radius 3 is 2.53 bits per heavy atom. The van der Waals surface area contributed by atoms with Crippen LogP contribution < -0.4 is 10.6 Å². The Morgan fingerprint density at radius 2 is 2.00 bits per heavy atom. The third kappa shape index (κ3) is 2.92. The molecule has 0 aromatic heterocycles. The maximum Gasteiger partial charge on any atom is 0.126 e. The molecule has 0 aliphatic carbocycles. The standard InChI is InChI=1S/C16H25FN2/c1-10(2)13-5-6-19(9-13)16-7-11(3)15(17)8-14(16)12(4)18/h7-8,10,12-13H,5-6,9,18H2,1-4H3. The van der Waals surface area contributed by atoms with Gasteiger partial charge in [0, 0.05) is 24.8 Å². The van der Waals surface area contributed by atoms with Gasteiger partial charge < -0.3 is 10.6 Å². The monoisotopic (exact) mass is 264 g/mol. The van der Waals surface area contributed by atoms with Gasteiger partial charge in [0.05, 0.1) is 0 Å². The van der Waals surface area contributed by atoms with E-state index in [2.05, 4.69) is 18.7 Å². The lowest BCUT2D eigenvalue weighted by atomic mass is 9.95. The van der Waals surface area contributed by atoms with Gasteiger partial charge in [0.15, 0.2) is 0 Å². The van der Waals surface area contributed by atoms with Gasteiger partial charge in [-0.05, 0) is 55.4 Å². The van der Waals surface area contributed by atoms with Gasteiger partial charge in [-0.2, -0.15) is 0 Å². The van der Waals surface area contributed by atoms with Crippen molar-refractivity contribution in [3.63, 3.8) is 0 Å². The quantitative estimate of drug-likeness (QED) is 0.903. The highest BCUT2D eigenvalue weighted by molar-refractivity contribution is 5.57. The van der Waals surface area contributed by atoms with Gasteiger partial charge in [0.1, 0.15) is 5.82 Å². The molecule has 1 aromatic rings. The summed E-state index contributed by atoms with van der Waals surface area (Å²) >= 11 is 0. The Hall–Kier alpha value is -1.09. The summed E-state index contributed by atoms with van der Waals surface area (Å²) < 4.78 is 13.7. The minimum absolute atomic E-state index is 0.136. The Morgan fingerprint density at radius 1 is 1.32 bits per heavy atom. The second-order valence-electron chi connectivity index (χ2n) is 6.19. The molecule has 106 valence electrons. The first kappa shape index (κ1) is 14.3. The van der Waals surface area contributed by atoms with Crippen LogP contribution in [0.2, 0.25) is 0 Å². The Balaban J connectivity index is 2.32. The van der Waals surface area contributed by atoms with Crippen molar-refractivity contribution in [2.45, 2.75) is 40.2 Å². The minimum Gasteiger partial charge on any atom is -0.371 e. The highest BCUT2D eigenvalue weighted by atomic mass is 19.1. The van der Waals surface area contributed by atoms with Crippen molar-refractivity contribution in [1.29, 1.82) is 0 Å². The molecule has 19 heavy (non-hydrogen) atoms. The van der Waals surface area contributed by atoms with E-state index >= 15 is 0 Å². The van der Waals surface area contributed by atoms with Gasteiger partial charge in [-0.25, -0.2) is 4.39 Å². The molecule has 3 heteroatoms. The lowest BCUT2D eigenvalue weighted by Crippen LogP contribution is -2.24. The number of nitrogens with two attached hydrogens (primary N) is 1. The summed E-state index contributed by atoms with van der Waals surface area (Å²) in [5, 5.41) is 0. The average Bonchev–Trinajstić information content (AvgIpc) is 2.81. The van der Waals surface area contributed by atoms with Crippen molar-refractivity contribution in [3.8, 4) is 0 Å². The van der Waals surface area contributed by atoms with E-state index in [-0.39, 0.29) is 11.9 Å². The number of anilines is 1. The number of rotatable bonds is 3. The number of nitrogens with zero attached hydrogens (tertiary/aromatic N) is 1. The summed E-state index contributed by atoms with van der Waals surface area (Å²) in [4.78, 5) is 2.37. The van der Waals surface area contributed by atoms with Crippen LogP contribution in [0.25, 0.3) is 0 Å². The molecule has 0 radical (unpaired) electrons. The summed E-state index contributed by atoms with van der Waals surface area (Å²) in [6.45, 7) is 10.4. The number of hydrogen-bond donors (Lipinski definition) is 1. The van der Waals surface area contributed by atoms with E-state index in [0.29, 0.717) is 11.5 Å². The highest BCUT2D eigenvalue weighted by Crippen LogP contribution is 2.34. The second-order valence-corrected chi connectivity index (χ2v) is 6.19. The highest BCUT2D eigenvalue weighted by Gasteiger charge is 2.27. The maximum absolute atomic E-state index is 13.7. The predicted molar refractivity (Wildman–Crippen MR) is 78.9 cm³/mol. The fraction of sp³-hybridized carbons (Fsp3) is 0.625. The molecule has 2 unspecified atom stereocenters. The summed E-state index contributed by atoms with van der Waals surface area (Å²) in [5.41, 5.74) is 8.75. The zero-order chi connectivity index (χ0) is 14.2. The van der Waals surface area contributed by atoms with Crippen LogP contribution in [0.5, 0.6) is 0 Å². The van der Waals surface area contributed by atoms with Gasteiger partial charge in [0.2, 0.25) is 0 Å². The van der Waals surface area contributed by atoms with Crippen LogP contribution in [-0.4, -0.2) is 13.1 Å². The van der Waals surface area contributed by atoms with Crippen LogP contribution in [0, 0.1) is 24.6 Å². The van der Waals surface area contributed by atoms with Crippen molar-refractivity contribution in [2.24, 2.45) is 17.6 Å². The molecule has 1 aromatic carbocycles. The van der Waals surface area contributed by atoms with Gasteiger partial charge in [-0.15, -0.1) is 0 Å². The molecule has 1 fully saturated rings. The number of benzene rings is 1. The summed E-state index contributed by atoms with van der Waals surface area (Å²) in [7, 11) is 0. The van der Waals surface area contributed by atoms with E-state index in [0.717, 1.165) is 30.3 Å². The van der Waals surface area contributed by atoms with Crippen LogP contribution in [0.3, 0.4) is 0 Å². The molecule has 1 aliphatic rings. The Kier molecular flexibility index (Phi) is 4.14. The first-order valence-electron chi connectivity index (χ1n) is 7.20. The molecular formula is C16H25FN2. The average molecular weight is 264 g/mol. The lowest BCUT2D eigenvalue weighted by molar-refractivity contribution is 0.422. The second kappa shape index (κ2) is 5.49. The first-order valence-corrected chi connectivity index (χ1v) is 7.20. The molecule has 2 rings (SSSR count). The summed E-state index contributed by atoms with van der Waals surface area (Å²) in [6, 6.07) is 3.43. The molecule has 0 bridgehead atoms. The normalized spacial score (nSPS) is 21.2. The van der Waals surface area contributed by atoms with E-state index in [1.807, 2.05) is 19.9 Å². The molecule has 0 amide bonds. The molecule has 1 saturated heterocycles. The third-order valence-corrected chi connectivity index (χ3v) is 4.31. The molecule has 0 spiro atoms. The molecule has 2 atom stereocenters. The largest absolute Gasteiger partial charge is 0.371 e. The lowest BCUT2D eigenvalue weighted by Gasteiger charge is -2.25. The smallest absolute Gasteiger partial charge is 0.126 e. The Labute approximate surface area is 115 Å². The van der Waals surface area contributed by atoms with E-state index in [1.54, 1.807) is 6.07 Å². The number of aryl methyl sites for hydroxylation is 1. The van der Waals surface area contributed by atoms with Crippen molar-refractivity contribution < 1.29 is 4.39 Å². The minimum atomic E-state index is -0.157. The fourth-order valence-electron chi connectivity index (χ4n) is 2.87. The fourth-order valence-corrected chi connectivity index (χ4v) is 2.87. The van der Waals surface area contributed by atoms with Crippen LogP contribution in [0.4, 0.5) is 10.1 Å². The van der Waals surface area contributed by atoms with Crippen molar-refractivity contribution >= 4 is 5.69 Å². The van der Waals surface area contributed by atoms with Gasteiger partial charge in [0.25, 0.3) is 0 Å². The molecule has 1 aliphatic heterocycles. The van der Waals surface area contributed by atoms with E-state index in [1.165, 1.54) is 6.42 Å². The zero-order valence-corrected chi connectivity index (χ0v) is 12.4. The maximum atomic E-state index is 13.7. The van der Waals surface area contributed by atoms with Crippen LogP contribution >= 0.6 is 0 Å². The van der Waals surface area contributed by atoms with Crippen LogP contribution in [-0.2, 0) is 0 Å². The van der Waals surface area contributed by atoms with Gasteiger partial charge in [-0.3, -0.25) is 0 Å². The molecular weight excluding hydrogens is 239 g/mol. The summed E-state index contributed by atoms with van der Waals surface area (Å²) in [6.07, 6.45) is 1.21. The van der Waals surface area contributed by atoms with E-state index < -0.39 is 0 Å². The topological polar surface area (TPSA) is 29.3 Å². The van der Waals surface area contributed by atoms with Gasteiger partial charge >= 0.3 is 0 Å². The predicted octanol–water partition coefficient (Wildman–Crippen LogP) is 3.64. The number of halogens is 1. The van der Waals surface area contributed by atoms with Crippen molar-refractivity contribution in [3.05, 3.63) is 29.1 Å². The third-order valence-electron chi connectivity index (χ3n) is 4.31. The van der Waals surface area contributed by atoms with Crippen molar-refractivity contribution in [2.75, 3.05) is 18.0 Å². The molecule has 2 N–H and O–H groups in total. The van der Waals surface area contributed by atoms with E-state index in [9.17, 15) is 4.39 Å². The van der Waals surface area contributed by atoms with Crippen LogP contribution in [0.15, 0.2) is 12.1 Å². The first-order chi connectivity index (χ1) is 8.90. The summed E-state index contributed by atoms with van der Waals surface area (Å²) in [5.74, 6) is 1.27. The molecule has 2 nitrogen and oxygen atoms in total. The number of hydrogen-bond acceptors (Lipinski definition) is 2. The van der Waals surface area contributed by atoms with Crippen LogP contribution in [0.1, 0.15) is 44.4 Å². The van der Waals surface area contributed by atoms with Gasteiger partial charge in [-0.1, -0.05) is 13.8 Å².